The highest BCUT2D eigenvalue weighted by molar-refractivity contribution is 7.13. The van der Waals surface area contributed by atoms with E-state index in [2.05, 4.69) is 20.4 Å². The third-order valence-corrected chi connectivity index (χ3v) is 8.61. The van der Waals surface area contributed by atoms with Crippen LogP contribution in [0.1, 0.15) is 34.1 Å². The van der Waals surface area contributed by atoms with Crippen LogP contribution in [-0.4, -0.2) is 66.1 Å². The predicted octanol–water partition coefficient (Wildman–Crippen LogP) is 5.96. The van der Waals surface area contributed by atoms with Crippen molar-refractivity contribution in [3.8, 4) is 11.1 Å². The van der Waals surface area contributed by atoms with Crippen molar-refractivity contribution >= 4 is 39.4 Å². The smallest absolute Gasteiger partial charge is 0.417 e. The average molecular weight is 642 g/mol. The van der Waals surface area contributed by atoms with Crippen LogP contribution < -0.4 is 5.32 Å². The van der Waals surface area contributed by atoms with Gasteiger partial charge in [0, 0.05) is 48.9 Å². The number of alkyl halides is 4. The van der Waals surface area contributed by atoms with Crippen LogP contribution >= 0.6 is 11.3 Å². The fourth-order valence-corrected chi connectivity index (χ4v) is 6.11. The van der Waals surface area contributed by atoms with Gasteiger partial charge >= 0.3 is 12.3 Å². The zero-order chi connectivity index (χ0) is 32.0. The van der Waals surface area contributed by atoms with Crippen molar-refractivity contribution in [2.45, 2.75) is 44.7 Å². The lowest BCUT2D eigenvalue weighted by Crippen LogP contribution is -2.28. The molecular formula is C30H27F4N7O3S. The van der Waals surface area contributed by atoms with E-state index in [0.717, 1.165) is 21.2 Å². The van der Waals surface area contributed by atoms with Gasteiger partial charge in [-0.15, -0.1) is 11.3 Å². The van der Waals surface area contributed by atoms with Gasteiger partial charge in [0.25, 0.3) is 5.91 Å². The maximum atomic E-state index is 14.5. The molecule has 0 fully saturated rings. The van der Waals surface area contributed by atoms with E-state index in [-0.39, 0.29) is 41.2 Å². The van der Waals surface area contributed by atoms with Crippen molar-refractivity contribution in [1.29, 1.82) is 0 Å². The summed E-state index contributed by atoms with van der Waals surface area (Å²) in [7, 11) is 1.46. The van der Waals surface area contributed by atoms with Gasteiger partial charge in [0.15, 0.2) is 11.2 Å². The minimum Gasteiger partial charge on any atom is -0.465 e. The number of nitrogens with one attached hydrogen (secondary N) is 1. The van der Waals surface area contributed by atoms with E-state index in [0.29, 0.717) is 28.8 Å². The average Bonchev–Trinajstić information content (AvgIpc) is 3.78. The Hall–Kier alpha value is -4.79. The Balaban J connectivity index is 1.44. The number of halogens is 4. The number of nitrogens with zero attached hydrogens (tertiary/aromatic N) is 6. The van der Waals surface area contributed by atoms with Gasteiger partial charge in [-0.3, -0.25) is 14.8 Å². The number of hydrogen-bond donors (Lipinski definition) is 2. The second-order valence-electron chi connectivity index (χ2n) is 10.9. The Kier molecular flexibility index (Phi) is 7.81. The molecule has 45 heavy (non-hydrogen) atoms. The van der Waals surface area contributed by atoms with Crippen molar-refractivity contribution in [2.24, 2.45) is 0 Å². The van der Waals surface area contributed by atoms with E-state index in [4.69, 9.17) is 5.11 Å². The number of benzene rings is 2. The molecule has 2 aromatic carbocycles. The number of imidazole rings is 1. The summed E-state index contributed by atoms with van der Waals surface area (Å²) >= 11 is 1.17. The molecule has 0 bridgehead atoms. The van der Waals surface area contributed by atoms with Crippen molar-refractivity contribution in [3.05, 3.63) is 82.5 Å². The summed E-state index contributed by atoms with van der Waals surface area (Å²) in [5, 5.41) is 18.1. The zero-order valence-corrected chi connectivity index (χ0v) is 24.9. The first kappa shape index (κ1) is 30.2. The standard InChI is InChI=1S/C30H27F4N7O3S/c1-16-20(18-5-3-17(4-6-18)7-9-39(2)29(43)44)12-22(30(32,33)34)21-14-41(38-24(16)21)26(27(42)37-28-35-8-10-45-28)25-23-11-19(31)13-40(23)15-36-25/h3-6,8,10,12,14-15,19,26H,7,9,11,13H2,1-2H3,(H,43,44)(H,35,37,42). The van der Waals surface area contributed by atoms with Gasteiger partial charge in [0.2, 0.25) is 0 Å². The number of aromatic nitrogens is 5. The quantitative estimate of drug-likeness (QED) is 0.202. The lowest BCUT2D eigenvalue weighted by molar-refractivity contribution is -0.136. The summed E-state index contributed by atoms with van der Waals surface area (Å²) in [6.07, 6.45) is -2.41. The van der Waals surface area contributed by atoms with Gasteiger partial charge in [-0.05, 0) is 41.7 Å². The van der Waals surface area contributed by atoms with E-state index in [1.807, 2.05) is 0 Å². The number of fused-ring (bicyclic) bond motifs is 2. The Morgan fingerprint density at radius 1 is 1.22 bits per heavy atom. The number of anilines is 1. The number of hydrogen-bond acceptors (Lipinski definition) is 6. The number of amides is 2. The molecule has 234 valence electrons. The predicted molar refractivity (Wildman–Crippen MR) is 159 cm³/mol. The first-order chi connectivity index (χ1) is 21.4. The molecule has 2 atom stereocenters. The maximum absolute atomic E-state index is 14.5. The third kappa shape index (κ3) is 5.87. The van der Waals surface area contributed by atoms with Gasteiger partial charge in [-0.25, -0.2) is 19.2 Å². The molecule has 2 amide bonds. The van der Waals surface area contributed by atoms with Crippen LogP contribution in [0.3, 0.4) is 0 Å². The van der Waals surface area contributed by atoms with Crippen molar-refractivity contribution < 1.29 is 32.3 Å². The number of aryl methyl sites for hydroxylation is 1. The van der Waals surface area contributed by atoms with Crippen molar-refractivity contribution in [2.75, 3.05) is 18.9 Å². The first-order valence-electron chi connectivity index (χ1n) is 13.9. The molecule has 1 aliphatic rings. The number of carbonyl (C=O) groups excluding carboxylic acids is 1. The van der Waals surface area contributed by atoms with Crippen LogP contribution in [-0.2, 0) is 30.4 Å². The second-order valence-corrected chi connectivity index (χ2v) is 11.8. The molecule has 0 saturated heterocycles. The van der Waals surface area contributed by atoms with Gasteiger partial charge < -0.3 is 14.6 Å². The number of carboxylic acid groups (broad SMARTS) is 1. The molecular weight excluding hydrogens is 614 g/mol. The van der Waals surface area contributed by atoms with Gasteiger partial charge in [-0.1, -0.05) is 24.3 Å². The Bertz CT molecular complexity index is 1880. The Morgan fingerprint density at radius 3 is 2.64 bits per heavy atom. The van der Waals surface area contributed by atoms with Crippen LogP contribution in [0.5, 0.6) is 0 Å². The number of likely N-dealkylation sites (N-methyl/N-ethyl adjacent to an activating group) is 1. The number of rotatable bonds is 8. The molecule has 0 spiro atoms. The summed E-state index contributed by atoms with van der Waals surface area (Å²) in [6, 6.07) is 6.65. The molecule has 3 aromatic heterocycles. The molecule has 2 N–H and O–H groups in total. The van der Waals surface area contributed by atoms with Crippen LogP contribution in [0, 0.1) is 6.92 Å². The van der Waals surface area contributed by atoms with Gasteiger partial charge in [0.1, 0.15) is 6.17 Å². The Labute approximate surface area is 257 Å². The molecule has 15 heteroatoms. The molecule has 5 aromatic rings. The molecule has 0 saturated carbocycles. The van der Waals surface area contributed by atoms with E-state index in [1.165, 1.54) is 37.1 Å². The summed E-state index contributed by atoms with van der Waals surface area (Å²) in [6.45, 7) is 2.00. The molecule has 10 nitrogen and oxygen atoms in total. The van der Waals surface area contributed by atoms with Crippen LogP contribution in [0.25, 0.3) is 22.0 Å². The Morgan fingerprint density at radius 2 is 1.98 bits per heavy atom. The van der Waals surface area contributed by atoms with Crippen LogP contribution in [0.4, 0.5) is 27.5 Å². The largest absolute Gasteiger partial charge is 0.465 e. The molecule has 0 radical (unpaired) electrons. The van der Waals surface area contributed by atoms with Crippen molar-refractivity contribution in [3.63, 3.8) is 0 Å². The fraction of sp³-hybridized carbons (Fsp3) is 0.300. The number of carbonyl (C=O) groups is 2. The normalized spacial score (nSPS) is 15.3. The molecule has 4 heterocycles. The van der Waals surface area contributed by atoms with E-state index in [9.17, 15) is 27.2 Å². The fourth-order valence-electron chi connectivity index (χ4n) is 5.58. The highest BCUT2D eigenvalue weighted by atomic mass is 32.1. The van der Waals surface area contributed by atoms with Gasteiger partial charge in [0.05, 0.1) is 29.6 Å². The lowest BCUT2D eigenvalue weighted by atomic mass is 9.94. The van der Waals surface area contributed by atoms with Crippen LogP contribution in [0.2, 0.25) is 0 Å². The summed E-state index contributed by atoms with van der Waals surface area (Å²) in [5.74, 6) is -0.628. The van der Waals surface area contributed by atoms with E-state index < -0.39 is 36.0 Å². The van der Waals surface area contributed by atoms with E-state index in [1.54, 1.807) is 41.1 Å². The van der Waals surface area contributed by atoms with Crippen molar-refractivity contribution in [1.82, 2.24) is 29.2 Å². The van der Waals surface area contributed by atoms with Gasteiger partial charge in [-0.2, -0.15) is 18.3 Å². The maximum Gasteiger partial charge on any atom is 0.417 e. The minimum absolute atomic E-state index is 0.0106. The molecule has 2 unspecified atom stereocenters. The van der Waals surface area contributed by atoms with E-state index >= 15 is 0 Å². The topological polar surface area (TPSA) is 118 Å². The number of thiazole rings is 1. The summed E-state index contributed by atoms with van der Waals surface area (Å²) in [5.41, 5.74) is 1.92. The third-order valence-electron chi connectivity index (χ3n) is 7.93. The summed E-state index contributed by atoms with van der Waals surface area (Å²) < 4.78 is 60.7. The second kappa shape index (κ2) is 11.6. The molecule has 1 aliphatic heterocycles. The molecule has 0 aliphatic carbocycles. The minimum atomic E-state index is -4.74. The van der Waals surface area contributed by atoms with Crippen LogP contribution in [0.15, 0.2) is 54.4 Å². The zero-order valence-electron chi connectivity index (χ0n) is 24.0. The summed E-state index contributed by atoms with van der Waals surface area (Å²) in [4.78, 5) is 34.4. The molecule has 6 rings (SSSR count). The monoisotopic (exact) mass is 641 g/mol. The SMILES string of the molecule is Cc1c(-c2ccc(CCN(C)C(=O)O)cc2)cc(C(F)(F)F)c2cn(C(C(=O)Nc3nccs3)c3ncn4c3CC(F)C4)nc12. The first-order valence-corrected chi connectivity index (χ1v) is 14.8. The highest BCUT2D eigenvalue weighted by Crippen LogP contribution is 2.41. The lowest BCUT2D eigenvalue weighted by Gasteiger charge is -2.16. The highest BCUT2D eigenvalue weighted by Gasteiger charge is 2.38.